The fraction of sp³-hybridized carbons (Fsp3) is 0.429. The Labute approximate surface area is 102 Å². The molecular weight excluding hydrogens is 214 g/mol. The molecule has 1 saturated carbocycles. The van der Waals surface area contributed by atoms with Crippen LogP contribution >= 0.6 is 0 Å². The quantitative estimate of drug-likeness (QED) is 0.850. The van der Waals surface area contributed by atoms with Crippen LogP contribution in [-0.4, -0.2) is 19.8 Å². The van der Waals surface area contributed by atoms with E-state index in [0.717, 1.165) is 29.9 Å². The van der Waals surface area contributed by atoms with Crippen molar-refractivity contribution in [1.82, 2.24) is 0 Å². The first-order chi connectivity index (χ1) is 8.33. The summed E-state index contributed by atoms with van der Waals surface area (Å²) in [7, 11) is 1.67. The monoisotopic (exact) mass is 233 g/mol. The van der Waals surface area contributed by atoms with Crippen LogP contribution in [0.25, 0.3) is 6.08 Å². The Kier molecular flexibility index (Phi) is 4.04. The molecule has 1 fully saturated rings. The topological polar surface area (TPSA) is 44.5 Å². The van der Waals surface area contributed by atoms with Gasteiger partial charge in [-0.1, -0.05) is 18.2 Å². The largest absolute Gasteiger partial charge is 0.493 e. The van der Waals surface area contributed by atoms with E-state index in [9.17, 15) is 0 Å². The van der Waals surface area contributed by atoms with E-state index < -0.39 is 0 Å². The summed E-state index contributed by atoms with van der Waals surface area (Å²) in [4.78, 5) is 0. The average molecular weight is 233 g/mol. The van der Waals surface area contributed by atoms with Crippen molar-refractivity contribution < 1.29 is 9.47 Å². The van der Waals surface area contributed by atoms with Gasteiger partial charge in [0.25, 0.3) is 0 Å². The van der Waals surface area contributed by atoms with Crippen LogP contribution in [0.1, 0.15) is 24.8 Å². The molecule has 1 aromatic carbocycles. The van der Waals surface area contributed by atoms with Gasteiger partial charge in [-0.3, -0.25) is 0 Å². The Morgan fingerprint density at radius 3 is 2.76 bits per heavy atom. The summed E-state index contributed by atoms with van der Waals surface area (Å²) in [6.45, 7) is 0.544. The van der Waals surface area contributed by atoms with Crippen LogP contribution in [0.3, 0.4) is 0 Å². The van der Waals surface area contributed by atoms with Crippen molar-refractivity contribution in [1.29, 1.82) is 0 Å². The van der Waals surface area contributed by atoms with Gasteiger partial charge >= 0.3 is 0 Å². The maximum Gasteiger partial charge on any atom is 0.161 e. The van der Waals surface area contributed by atoms with E-state index in [1.54, 1.807) is 7.11 Å². The van der Waals surface area contributed by atoms with Gasteiger partial charge in [-0.25, -0.2) is 0 Å². The number of hydrogen-bond donors (Lipinski definition) is 1. The first kappa shape index (κ1) is 12.0. The minimum atomic E-state index is 0.370. The summed E-state index contributed by atoms with van der Waals surface area (Å²) in [5.41, 5.74) is 6.50. The number of benzene rings is 1. The van der Waals surface area contributed by atoms with Crippen molar-refractivity contribution in [2.45, 2.75) is 25.4 Å². The van der Waals surface area contributed by atoms with E-state index >= 15 is 0 Å². The van der Waals surface area contributed by atoms with Crippen LogP contribution in [0.4, 0.5) is 0 Å². The Balaban J connectivity index is 2.12. The van der Waals surface area contributed by atoms with Gasteiger partial charge in [-0.2, -0.15) is 0 Å². The normalized spacial score (nSPS) is 15.9. The molecule has 1 aliphatic carbocycles. The van der Waals surface area contributed by atoms with Crippen molar-refractivity contribution >= 4 is 6.08 Å². The standard InChI is InChI=1S/C14H19NO2/c1-16-14-10-11(4-3-9-15)7-8-13(14)17-12-5-2-6-12/h3-4,7-8,10,12H,2,5-6,9,15H2,1H3/b4-3+. The summed E-state index contributed by atoms with van der Waals surface area (Å²) in [5, 5.41) is 0. The molecule has 92 valence electrons. The number of ether oxygens (including phenoxy) is 2. The van der Waals surface area contributed by atoms with Crippen LogP contribution in [0.5, 0.6) is 11.5 Å². The van der Waals surface area contributed by atoms with Crippen LogP contribution in [-0.2, 0) is 0 Å². The lowest BCUT2D eigenvalue weighted by molar-refractivity contribution is 0.116. The molecular formula is C14H19NO2. The molecule has 0 bridgehead atoms. The molecule has 0 saturated heterocycles. The Bertz CT molecular complexity index is 397. The molecule has 0 heterocycles. The molecule has 0 amide bonds. The molecule has 2 rings (SSSR count). The predicted octanol–water partition coefficient (Wildman–Crippen LogP) is 2.60. The van der Waals surface area contributed by atoms with Gasteiger partial charge in [0.1, 0.15) is 0 Å². The first-order valence-electron chi connectivity index (χ1n) is 6.05. The lowest BCUT2D eigenvalue weighted by Gasteiger charge is -2.27. The van der Waals surface area contributed by atoms with Gasteiger partial charge < -0.3 is 15.2 Å². The van der Waals surface area contributed by atoms with Crippen molar-refractivity contribution in [3.8, 4) is 11.5 Å². The van der Waals surface area contributed by atoms with Crippen molar-refractivity contribution in [2.24, 2.45) is 5.73 Å². The zero-order valence-corrected chi connectivity index (χ0v) is 10.2. The lowest BCUT2D eigenvalue weighted by Crippen LogP contribution is -2.24. The number of hydrogen-bond acceptors (Lipinski definition) is 3. The molecule has 0 aromatic heterocycles. The lowest BCUT2D eigenvalue weighted by atomic mass is 9.96. The van der Waals surface area contributed by atoms with E-state index in [-0.39, 0.29) is 0 Å². The van der Waals surface area contributed by atoms with E-state index in [0.29, 0.717) is 12.6 Å². The van der Waals surface area contributed by atoms with E-state index in [2.05, 4.69) is 0 Å². The third-order valence-corrected chi connectivity index (χ3v) is 2.98. The summed E-state index contributed by atoms with van der Waals surface area (Å²) < 4.78 is 11.2. The van der Waals surface area contributed by atoms with Crippen molar-refractivity contribution in [3.63, 3.8) is 0 Å². The van der Waals surface area contributed by atoms with Crippen molar-refractivity contribution in [3.05, 3.63) is 29.8 Å². The number of rotatable bonds is 5. The van der Waals surface area contributed by atoms with Crippen LogP contribution < -0.4 is 15.2 Å². The van der Waals surface area contributed by atoms with E-state index in [1.165, 1.54) is 6.42 Å². The highest BCUT2D eigenvalue weighted by atomic mass is 16.5. The molecule has 17 heavy (non-hydrogen) atoms. The maximum absolute atomic E-state index is 5.86. The van der Waals surface area contributed by atoms with Crippen LogP contribution in [0.15, 0.2) is 24.3 Å². The molecule has 3 nitrogen and oxygen atoms in total. The third-order valence-electron chi connectivity index (χ3n) is 2.98. The predicted molar refractivity (Wildman–Crippen MR) is 69.3 cm³/mol. The summed E-state index contributed by atoms with van der Waals surface area (Å²) in [6, 6.07) is 5.95. The van der Waals surface area contributed by atoms with Crippen LogP contribution in [0, 0.1) is 0 Å². The average Bonchev–Trinajstić information content (AvgIpc) is 2.31. The highest BCUT2D eigenvalue weighted by Gasteiger charge is 2.20. The molecule has 0 unspecified atom stereocenters. The fourth-order valence-electron chi connectivity index (χ4n) is 1.76. The Morgan fingerprint density at radius 1 is 1.35 bits per heavy atom. The molecule has 1 aromatic rings. The van der Waals surface area contributed by atoms with E-state index in [1.807, 2.05) is 30.4 Å². The fourth-order valence-corrected chi connectivity index (χ4v) is 1.76. The SMILES string of the molecule is COc1cc(/C=C/CN)ccc1OC1CCC1. The van der Waals surface area contributed by atoms with Gasteiger partial charge in [0.15, 0.2) is 11.5 Å². The molecule has 3 heteroatoms. The second-order valence-electron chi connectivity index (χ2n) is 4.22. The van der Waals surface area contributed by atoms with Gasteiger partial charge in [-0.15, -0.1) is 0 Å². The van der Waals surface area contributed by atoms with E-state index in [4.69, 9.17) is 15.2 Å². The number of methoxy groups -OCH3 is 1. The first-order valence-corrected chi connectivity index (χ1v) is 6.05. The van der Waals surface area contributed by atoms with Gasteiger partial charge in [0.05, 0.1) is 13.2 Å². The molecule has 0 radical (unpaired) electrons. The summed E-state index contributed by atoms with van der Waals surface area (Å²) in [6.07, 6.45) is 7.84. The smallest absolute Gasteiger partial charge is 0.161 e. The highest BCUT2D eigenvalue weighted by molar-refractivity contribution is 5.56. The summed E-state index contributed by atoms with van der Waals surface area (Å²) in [5.74, 6) is 1.62. The Morgan fingerprint density at radius 2 is 2.18 bits per heavy atom. The van der Waals surface area contributed by atoms with Gasteiger partial charge in [-0.05, 0) is 37.0 Å². The zero-order valence-electron chi connectivity index (χ0n) is 10.2. The van der Waals surface area contributed by atoms with Crippen LogP contribution in [0.2, 0.25) is 0 Å². The molecule has 2 N–H and O–H groups in total. The number of nitrogens with two attached hydrogens (primary N) is 1. The second-order valence-corrected chi connectivity index (χ2v) is 4.22. The third kappa shape index (κ3) is 3.01. The van der Waals surface area contributed by atoms with Gasteiger partial charge in [0.2, 0.25) is 0 Å². The Hall–Kier alpha value is -1.48. The minimum absolute atomic E-state index is 0.370. The molecule has 0 spiro atoms. The maximum atomic E-state index is 5.86. The highest BCUT2D eigenvalue weighted by Crippen LogP contribution is 2.33. The molecule has 1 aliphatic rings. The molecule has 0 atom stereocenters. The zero-order chi connectivity index (χ0) is 12.1. The minimum Gasteiger partial charge on any atom is -0.493 e. The van der Waals surface area contributed by atoms with Gasteiger partial charge in [0, 0.05) is 6.54 Å². The second kappa shape index (κ2) is 5.73. The van der Waals surface area contributed by atoms with Crippen molar-refractivity contribution in [2.75, 3.05) is 13.7 Å². The molecule has 0 aliphatic heterocycles. The summed E-state index contributed by atoms with van der Waals surface area (Å²) >= 11 is 0.